The van der Waals surface area contributed by atoms with E-state index in [9.17, 15) is 14.4 Å². The van der Waals surface area contributed by atoms with Crippen LogP contribution in [-0.2, 0) is 14.3 Å². The minimum absolute atomic E-state index is 0.172. The Morgan fingerprint density at radius 3 is 2.41 bits per heavy atom. The number of ether oxygens (including phenoxy) is 2. The van der Waals surface area contributed by atoms with Gasteiger partial charge in [-0.3, -0.25) is 14.5 Å². The normalized spacial score (nSPS) is 19.8. The molecule has 4 rings (SSSR count). The first kappa shape index (κ1) is 21.8. The van der Waals surface area contributed by atoms with Gasteiger partial charge in [-0.05, 0) is 49.2 Å². The smallest absolute Gasteiger partial charge is 0.337 e. The topological polar surface area (TPSA) is 88.2 Å². The highest BCUT2D eigenvalue weighted by atomic mass is 16.5. The average molecular weight is 437 g/mol. The van der Waals surface area contributed by atoms with Crippen molar-refractivity contribution in [1.29, 1.82) is 0 Å². The molecule has 0 saturated carbocycles. The van der Waals surface area contributed by atoms with Gasteiger partial charge in [-0.25, -0.2) is 9.69 Å². The molecule has 0 aromatic heterocycles. The number of methoxy groups -OCH3 is 2. The number of amides is 2. The molecule has 2 aliphatic heterocycles. The van der Waals surface area contributed by atoms with Crippen molar-refractivity contribution in [2.45, 2.75) is 31.3 Å². The summed E-state index contributed by atoms with van der Waals surface area (Å²) < 4.78 is 9.97. The van der Waals surface area contributed by atoms with Crippen LogP contribution in [0.1, 0.15) is 29.6 Å². The highest BCUT2D eigenvalue weighted by molar-refractivity contribution is 6.22. The molecule has 2 aromatic rings. The third-order valence-electron chi connectivity index (χ3n) is 6.08. The number of piperidine rings is 1. The summed E-state index contributed by atoms with van der Waals surface area (Å²) in [7, 11) is 2.96. The van der Waals surface area contributed by atoms with Crippen LogP contribution < -0.4 is 15.0 Å². The number of carbonyl (C=O) groups excluding carboxylic acids is 3. The second-order valence-corrected chi connectivity index (χ2v) is 8.01. The Morgan fingerprint density at radius 1 is 1.03 bits per heavy atom. The number of likely N-dealkylation sites (tertiary alicyclic amines) is 1. The van der Waals surface area contributed by atoms with Crippen LogP contribution in [-0.4, -0.2) is 62.1 Å². The van der Waals surface area contributed by atoms with E-state index in [4.69, 9.17) is 9.47 Å². The number of hydrogen-bond donors (Lipinski definition) is 1. The molecule has 2 saturated heterocycles. The van der Waals surface area contributed by atoms with Crippen molar-refractivity contribution in [2.75, 3.05) is 37.5 Å². The van der Waals surface area contributed by atoms with Crippen LogP contribution >= 0.6 is 0 Å². The molecular weight excluding hydrogens is 410 g/mol. The van der Waals surface area contributed by atoms with E-state index >= 15 is 0 Å². The van der Waals surface area contributed by atoms with E-state index in [0.29, 0.717) is 17.3 Å². The van der Waals surface area contributed by atoms with Crippen molar-refractivity contribution in [2.24, 2.45) is 0 Å². The quantitative estimate of drug-likeness (QED) is 0.549. The van der Waals surface area contributed by atoms with E-state index in [-0.39, 0.29) is 18.2 Å². The highest BCUT2D eigenvalue weighted by Gasteiger charge is 2.43. The minimum atomic E-state index is -0.459. The lowest BCUT2D eigenvalue weighted by molar-refractivity contribution is -0.123. The van der Waals surface area contributed by atoms with Crippen molar-refractivity contribution in [3.63, 3.8) is 0 Å². The second kappa shape index (κ2) is 9.40. The number of imide groups is 1. The van der Waals surface area contributed by atoms with Gasteiger partial charge in [0.25, 0.3) is 5.91 Å². The second-order valence-electron chi connectivity index (χ2n) is 8.01. The maximum atomic E-state index is 13.1. The maximum Gasteiger partial charge on any atom is 0.337 e. The van der Waals surface area contributed by atoms with Crippen molar-refractivity contribution in [3.05, 3.63) is 54.1 Å². The van der Waals surface area contributed by atoms with Gasteiger partial charge in [-0.15, -0.1) is 0 Å². The fourth-order valence-electron chi connectivity index (χ4n) is 4.34. The molecule has 0 radical (unpaired) electrons. The number of anilines is 2. The predicted octanol–water partition coefficient (Wildman–Crippen LogP) is 2.69. The fraction of sp³-hybridized carbons (Fsp3) is 0.375. The third kappa shape index (κ3) is 4.45. The first-order valence-electron chi connectivity index (χ1n) is 10.7. The Morgan fingerprint density at radius 2 is 1.75 bits per heavy atom. The van der Waals surface area contributed by atoms with Gasteiger partial charge in [-0.2, -0.15) is 0 Å². The van der Waals surface area contributed by atoms with Gasteiger partial charge >= 0.3 is 5.97 Å². The summed E-state index contributed by atoms with van der Waals surface area (Å²) in [5.74, 6) is -0.0800. The Hall–Kier alpha value is -3.39. The largest absolute Gasteiger partial charge is 0.497 e. The molecule has 2 aliphatic rings. The van der Waals surface area contributed by atoms with E-state index in [0.717, 1.165) is 37.4 Å². The lowest BCUT2D eigenvalue weighted by Gasteiger charge is -2.35. The van der Waals surface area contributed by atoms with Crippen LogP contribution in [0.3, 0.4) is 0 Å². The molecule has 0 bridgehead atoms. The van der Waals surface area contributed by atoms with E-state index in [2.05, 4.69) is 10.2 Å². The van der Waals surface area contributed by atoms with Gasteiger partial charge in [0.1, 0.15) is 5.75 Å². The van der Waals surface area contributed by atoms with Crippen molar-refractivity contribution >= 4 is 29.2 Å². The summed E-state index contributed by atoms with van der Waals surface area (Å²) >= 11 is 0. The summed E-state index contributed by atoms with van der Waals surface area (Å²) in [6, 6.07) is 14.0. The predicted molar refractivity (Wildman–Crippen MR) is 120 cm³/mol. The zero-order chi connectivity index (χ0) is 22.7. The molecule has 0 spiro atoms. The number of benzene rings is 2. The first-order chi connectivity index (χ1) is 15.5. The van der Waals surface area contributed by atoms with Crippen molar-refractivity contribution in [1.82, 2.24) is 4.90 Å². The van der Waals surface area contributed by atoms with E-state index in [1.54, 1.807) is 31.4 Å². The number of nitrogens with one attached hydrogen (secondary N) is 1. The van der Waals surface area contributed by atoms with E-state index in [1.807, 2.05) is 24.3 Å². The molecule has 0 aliphatic carbocycles. The molecule has 168 valence electrons. The number of carbonyl (C=O) groups is 3. The number of hydrogen-bond acceptors (Lipinski definition) is 7. The van der Waals surface area contributed by atoms with Gasteiger partial charge in [-0.1, -0.05) is 6.07 Å². The Bertz CT molecular complexity index is 999. The molecule has 2 aromatic carbocycles. The monoisotopic (exact) mass is 437 g/mol. The van der Waals surface area contributed by atoms with Crippen molar-refractivity contribution < 1.29 is 23.9 Å². The van der Waals surface area contributed by atoms with E-state index < -0.39 is 12.0 Å². The van der Waals surface area contributed by atoms with Crippen LogP contribution in [0, 0.1) is 0 Å². The van der Waals surface area contributed by atoms with Gasteiger partial charge in [0.2, 0.25) is 5.91 Å². The molecular formula is C24H27N3O5. The minimum Gasteiger partial charge on any atom is -0.497 e. The average Bonchev–Trinajstić information content (AvgIpc) is 3.13. The Kier molecular flexibility index (Phi) is 6.41. The number of esters is 1. The molecule has 1 N–H and O–H groups in total. The summed E-state index contributed by atoms with van der Waals surface area (Å²) in [5, 5.41) is 3.53. The zero-order valence-electron chi connectivity index (χ0n) is 18.2. The lowest BCUT2D eigenvalue weighted by Crippen LogP contribution is -2.48. The Balaban J connectivity index is 1.36. The van der Waals surface area contributed by atoms with Gasteiger partial charge in [0.05, 0.1) is 37.9 Å². The Labute approximate surface area is 187 Å². The van der Waals surface area contributed by atoms with Gasteiger partial charge < -0.3 is 14.8 Å². The molecule has 1 unspecified atom stereocenters. The van der Waals surface area contributed by atoms with Gasteiger partial charge in [0.15, 0.2) is 0 Å². The highest BCUT2D eigenvalue weighted by Crippen LogP contribution is 2.29. The van der Waals surface area contributed by atoms with Crippen LogP contribution in [0.5, 0.6) is 5.75 Å². The molecule has 8 heteroatoms. The van der Waals surface area contributed by atoms with Crippen LogP contribution in [0.15, 0.2) is 48.5 Å². The fourth-order valence-corrected chi connectivity index (χ4v) is 4.34. The first-order valence-corrected chi connectivity index (χ1v) is 10.7. The van der Waals surface area contributed by atoms with Crippen LogP contribution in [0.25, 0.3) is 0 Å². The SMILES string of the molecule is COC(=O)c1ccc(N2C(=O)CC(N3CCC(Nc4cccc(OC)c4)CC3)C2=O)cc1. The summed E-state index contributed by atoms with van der Waals surface area (Å²) in [6.07, 6.45) is 1.93. The maximum absolute atomic E-state index is 13.1. The molecule has 2 heterocycles. The van der Waals surface area contributed by atoms with Crippen LogP contribution in [0.2, 0.25) is 0 Å². The summed E-state index contributed by atoms with van der Waals surface area (Å²) in [4.78, 5) is 40.7. The molecule has 1 atom stereocenters. The van der Waals surface area contributed by atoms with Crippen molar-refractivity contribution in [3.8, 4) is 5.75 Å². The zero-order valence-corrected chi connectivity index (χ0v) is 18.2. The molecule has 32 heavy (non-hydrogen) atoms. The van der Waals surface area contributed by atoms with Gasteiger partial charge in [0, 0.05) is 30.9 Å². The molecule has 2 amide bonds. The lowest BCUT2D eigenvalue weighted by atomic mass is 10.0. The van der Waals surface area contributed by atoms with Crippen LogP contribution in [0.4, 0.5) is 11.4 Å². The third-order valence-corrected chi connectivity index (χ3v) is 6.08. The number of nitrogens with zero attached hydrogens (tertiary/aromatic N) is 2. The summed E-state index contributed by atoms with van der Waals surface area (Å²) in [6.45, 7) is 1.47. The molecule has 2 fully saturated rings. The van der Waals surface area contributed by atoms with E-state index in [1.165, 1.54) is 12.0 Å². The molecule has 8 nitrogen and oxygen atoms in total. The summed E-state index contributed by atoms with van der Waals surface area (Å²) in [5.41, 5.74) is 1.86. The standard InChI is InChI=1S/C24H27N3O5/c1-31-20-5-3-4-18(14-20)25-17-10-12-26(13-11-17)21-15-22(28)27(23(21)29)19-8-6-16(7-9-19)24(30)32-2/h3-9,14,17,21,25H,10-13,15H2,1-2H3. The number of rotatable bonds is 6.